The lowest BCUT2D eigenvalue weighted by molar-refractivity contribution is -0.114. The minimum Gasteiger partial charge on any atom is -0.300 e. The van der Waals surface area contributed by atoms with Crippen LogP contribution in [0.1, 0.15) is 33.2 Å². The molecule has 0 saturated carbocycles. The van der Waals surface area contributed by atoms with E-state index in [-0.39, 0.29) is 18.5 Å². The molecule has 0 fully saturated rings. The van der Waals surface area contributed by atoms with E-state index in [0.717, 1.165) is 21.7 Å². The van der Waals surface area contributed by atoms with Crippen LogP contribution in [0.3, 0.4) is 0 Å². The van der Waals surface area contributed by atoms with Crippen LogP contribution in [-0.2, 0) is 4.79 Å². The number of thiazole rings is 1. The fourth-order valence-electron chi connectivity index (χ4n) is 3.81. The molecule has 5 rings (SSSR count). The number of benzene rings is 2. The summed E-state index contributed by atoms with van der Waals surface area (Å²) in [5.74, 6) is 0.329. The molecule has 0 spiro atoms. The molecule has 166 valence electrons. The van der Waals surface area contributed by atoms with Gasteiger partial charge in [-0.3, -0.25) is 9.69 Å². The fraction of sp³-hybridized carbons (Fsp3) is 0.208. The lowest BCUT2D eigenvalue weighted by Gasteiger charge is -2.32. The van der Waals surface area contributed by atoms with Gasteiger partial charge >= 0.3 is 0 Å². The van der Waals surface area contributed by atoms with Gasteiger partial charge in [0.05, 0.1) is 5.70 Å². The van der Waals surface area contributed by atoms with Crippen LogP contribution in [-0.4, -0.2) is 37.6 Å². The summed E-state index contributed by atoms with van der Waals surface area (Å²) in [6, 6.07) is 16.4. The third kappa shape index (κ3) is 4.27. The Morgan fingerprint density at radius 1 is 1.03 bits per heavy atom. The number of hydrogen-bond donors (Lipinski definition) is 1. The Morgan fingerprint density at radius 3 is 2.39 bits per heavy atom. The van der Waals surface area contributed by atoms with Crippen molar-refractivity contribution in [2.24, 2.45) is 0 Å². The molecule has 33 heavy (non-hydrogen) atoms. The molecule has 3 heterocycles. The first-order valence-electron chi connectivity index (χ1n) is 10.6. The van der Waals surface area contributed by atoms with Crippen molar-refractivity contribution in [3.63, 3.8) is 0 Å². The van der Waals surface area contributed by atoms with E-state index in [2.05, 4.69) is 94.3 Å². The van der Waals surface area contributed by atoms with Crippen LogP contribution >= 0.6 is 11.3 Å². The van der Waals surface area contributed by atoms with Gasteiger partial charge in [0.15, 0.2) is 5.13 Å². The number of carbonyl (C=O) groups excluding carboxylic acids is 1. The minimum atomic E-state index is -0.189. The molecular formula is C24H23N7OS. The van der Waals surface area contributed by atoms with Gasteiger partial charge in [-0.1, -0.05) is 64.8 Å². The van der Waals surface area contributed by atoms with Gasteiger partial charge in [-0.05, 0) is 48.4 Å². The van der Waals surface area contributed by atoms with Crippen LogP contribution in [0.4, 0.5) is 11.1 Å². The highest BCUT2D eigenvalue weighted by molar-refractivity contribution is 7.15. The highest BCUT2D eigenvalue weighted by Gasteiger charge is 2.32. The predicted octanol–water partition coefficient (Wildman–Crippen LogP) is 4.14. The van der Waals surface area contributed by atoms with Crippen LogP contribution in [0.15, 0.2) is 60.8 Å². The number of aromatic nitrogens is 5. The number of hydrogen-bond acceptors (Lipinski definition) is 7. The molecular weight excluding hydrogens is 434 g/mol. The third-order valence-electron chi connectivity index (χ3n) is 5.52. The van der Waals surface area contributed by atoms with E-state index >= 15 is 0 Å². The maximum Gasteiger partial charge on any atom is 0.251 e. The summed E-state index contributed by atoms with van der Waals surface area (Å²) < 4.78 is 1.75. The smallest absolute Gasteiger partial charge is 0.251 e. The van der Waals surface area contributed by atoms with Crippen molar-refractivity contribution in [3.8, 4) is 0 Å². The zero-order valence-electron chi connectivity index (χ0n) is 18.6. The summed E-state index contributed by atoms with van der Waals surface area (Å²) in [4.78, 5) is 20.1. The number of nitrogens with one attached hydrogen (secondary N) is 1. The molecule has 9 heteroatoms. The largest absolute Gasteiger partial charge is 0.300 e. The van der Waals surface area contributed by atoms with E-state index < -0.39 is 0 Å². The number of tetrazole rings is 1. The number of amides is 1. The molecule has 8 nitrogen and oxygen atoms in total. The van der Waals surface area contributed by atoms with Gasteiger partial charge in [-0.25, -0.2) is 4.98 Å². The van der Waals surface area contributed by atoms with Crippen LogP contribution in [0.25, 0.3) is 5.70 Å². The summed E-state index contributed by atoms with van der Waals surface area (Å²) >= 11 is 1.44. The Bertz CT molecular complexity index is 1320. The van der Waals surface area contributed by atoms with Crippen molar-refractivity contribution < 1.29 is 4.79 Å². The maximum atomic E-state index is 13.0. The first-order valence-corrected chi connectivity index (χ1v) is 11.4. The van der Waals surface area contributed by atoms with Crippen molar-refractivity contribution in [2.45, 2.75) is 26.8 Å². The molecule has 2 aromatic carbocycles. The van der Waals surface area contributed by atoms with Crippen molar-refractivity contribution >= 4 is 34.0 Å². The van der Waals surface area contributed by atoms with Crippen LogP contribution < -0.4 is 10.2 Å². The standard InChI is InChI=1S/C24H23N7OS/c1-15-4-8-18(9-5-15)20-12-21(19-10-6-16(2)7-11-19)31-24(27-28-29-31)30(20)14-22(32)26-23-25-13-17(3)33-23/h4-13,21H,14H2,1-3H3,(H,25,26,32)/t21-/m1/s1. The summed E-state index contributed by atoms with van der Waals surface area (Å²) in [5, 5.41) is 15.9. The molecule has 4 aromatic rings. The molecule has 0 aliphatic carbocycles. The van der Waals surface area contributed by atoms with Crippen molar-refractivity contribution in [1.29, 1.82) is 0 Å². The number of fused-ring (bicyclic) bond motifs is 1. The second kappa shape index (κ2) is 8.59. The van der Waals surface area contributed by atoms with Gasteiger partial charge in [0, 0.05) is 11.1 Å². The molecule has 1 aliphatic heterocycles. The van der Waals surface area contributed by atoms with Crippen molar-refractivity contribution in [1.82, 2.24) is 25.2 Å². The third-order valence-corrected chi connectivity index (χ3v) is 6.35. The Labute approximate surface area is 195 Å². The first-order chi connectivity index (χ1) is 16.0. The monoisotopic (exact) mass is 457 g/mol. The molecule has 1 aliphatic rings. The Hall–Kier alpha value is -3.85. The summed E-state index contributed by atoms with van der Waals surface area (Å²) in [6.45, 7) is 6.12. The van der Waals surface area contributed by atoms with Gasteiger partial charge in [0.25, 0.3) is 5.95 Å². The molecule has 1 atom stereocenters. The van der Waals surface area contributed by atoms with Gasteiger partial charge in [-0.15, -0.1) is 11.3 Å². The Morgan fingerprint density at radius 2 is 1.73 bits per heavy atom. The summed E-state index contributed by atoms with van der Waals surface area (Å²) in [6.07, 6.45) is 3.85. The molecule has 1 amide bonds. The average molecular weight is 458 g/mol. The molecule has 0 unspecified atom stereocenters. The highest BCUT2D eigenvalue weighted by Crippen LogP contribution is 2.36. The Kier molecular flexibility index (Phi) is 5.47. The normalized spacial score (nSPS) is 15.2. The van der Waals surface area contributed by atoms with Crippen molar-refractivity contribution in [3.05, 3.63) is 87.9 Å². The van der Waals surface area contributed by atoms with Gasteiger partial charge < -0.3 is 5.32 Å². The molecule has 2 aromatic heterocycles. The van der Waals surface area contributed by atoms with Crippen LogP contribution in [0, 0.1) is 20.8 Å². The van der Waals surface area contributed by atoms with Gasteiger partial charge in [-0.2, -0.15) is 4.68 Å². The summed E-state index contributed by atoms with van der Waals surface area (Å²) in [5.41, 5.74) is 5.29. The quantitative estimate of drug-likeness (QED) is 0.484. The second-order valence-electron chi connectivity index (χ2n) is 8.11. The van der Waals surface area contributed by atoms with E-state index in [9.17, 15) is 4.79 Å². The fourth-order valence-corrected chi connectivity index (χ4v) is 4.49. The van der Waals surface area contributed by atoms with E-state index in [1.807, 2.05) is 11.8 Å². The molecule has 0 saturated heterocycles. The van der Waals surface area contributed by atoms with Gasteiger partial charge in [0.2, 0.25) is 5.91 Å². The van der Waals surface area contributed by atoms with E-state index in [4.69, 9.17) is 0 Å². The van der Waals surface area contributed by atoms with E-state index in [1.165, 1.54) is 22.5 Å². The van der Waals surface area contributed by atoms with E-state index in [0.29, 0.717) is 11.1 Å². The van der Waals surface area contributed by atoms with Gasteiger partial charge in [0.1, 0.15) is 12.6 Å². The molecule has 0 radical (unpaired) electrons. The number of carbonyl (C=O) groups is 1. The SMILES string of the molecule is Cc1ccc(C2=C[C@H](c3ccc(C)cc3)n3nnnc3N2CC(=O)Nc2ncc(C)s2)cc1. The first kappa shape index (κ1) is 21.0. The van der Waals surface area contributed by atoms with Crippen LogP contribution in [0.2, 0.25) is 0 Å². The highest BCUT2D eigenvalue weighted by atomic mass is 32.1. The number of aryl methyl sites for hydroxylation is 3. The molecule has 0 bridgehead atoms. The molecule has 1 N–H and O–H groups in total. The number of allylic oxidation sites excluding steroid dienone is 1. The zero-order chi connectivity index (χ0) is 22.9. The van der Waals surface area contributed by atoms with Crippen LogP contribution in [0.5, 0.6) is 0 Å². The second-order valence-corrected chi connectivity index (χ2v) is 9.34. The summed E-state index contributed by atoms with van der Waals surface area (Å²) in [7, 11) is 0. The topological polar surface area (TPSA) is 88.8 Å². The average Bonchev–Trinajstić information content (AvgIpc) is 3.44. The predicted molar refractivity (Wildman–Crippen MR) is 129 cm³/mol. The number of anilines is 2. The lowest BCUT2D eigenvalue weighted by Crippen LogP contribution is -2.37. The number of rotatable bonds is 5. The minimum absolute atomic E-state index is 0.0549. The lowest BCUT2D eigenvalue weighted by atomic mass is 9.99. The maximum absolute atomic E-state index is 13.0. The number of nitrogens with zero attached hydrogens (tertiary/aromatic N) is 6. The zero-order valence-corrected chi connectivity index (χ0v) is 19.4. The van der Waals surface area contributed by atoms with Crippen molar-refractivity contribution in [2.75, 3.05) is 16.8 Å². The van der Waals surface area contributed by atoms with E-state index in [1.54, 1.807) is 10.9 Å². The Balaban J connectivity index is 1.54.